The molecule has 7 nitrogen and oxygen atoms in total. The van der Waals surface area contributed by atoms with Crippen LogP contribution in [0, 0.1) is 12.8 Å². The van der Waals surface area contributed by atoms with Gasteiger partial charge in [-0.1, -0.05) is 12.1 Å². The Hall–Kier alpha value is -1.47. The van der Waals surface area contributed by atoms with E-state index >= 15 is 0 Å². The van der Waals surface area contributed by atoms with Gasteiger partial charge in [-0.2, -0.15) is 4.98 Å². The second-order valence-corrected chi connectivity index (χ2v) is 6.90. The van der Waals surface area contributed by atoms with Crippen molar-refractivity contribution in [2.75, 3.05) is 39.3 Å². The Morgan fingerprint density at radius 1 is 1.26 bits per heavy atom. The molecule has 23 heavy (non-hydrogen) atoms. The first kappa shape index (κ1) is 16.4. The predicted octanol–water partition coefficient (Wildman–Crippen LogP) is 0.923. The zero-order valence-corrected chi connectivity index (χ0v) is 14.5. The summed E-state index contributed by atoms with van der Waals surface area (Å²) in [6.45, 7) is 13.6. The van der Waals surface area contributed by atoms with Crippen molar-refractivity contribution in [3.63, 3.8) is 0 Å². The van der Waals surface area contributed by atoms with E-state index in [2.05, 4.69) is 33.8 Å². The van der Waals surface area contributed by atoms with Gasteiger partial charge in [0.15, 0.2) is 5.82 Å². The van der Waals surface area contributed by atoms with E-state index in [1.54, 1.807) is 6.92 Å². The maximum atomic E-state index is 11.5. The Morgan fingerprint density at radius 2 is 1.96 bits per heavy atom. The third kappa shape index (κ3) is 3.40. The van der Waals surface area contributed by atoms with Crippen molar-refractivity contribution in [1.29, 1.82) is 0 Å². The Kier molecular flexibility index (Phi) is 4.68. The number of hydrogen-bond donors (Lipinski definition) is 0. The molecule has 3 rings (SSSR count). The Balaban J connectivity index is 1.59. The molecule has 2 aliphatic rings. The molecule has 1 aromatic heterocycles. The lowest BCUT2D eigenvalue weighted by atomic mass is 10.0. The number of aromatic nitrogens is 2. The summed E-state index contributed by atoms with van der Waals surface area (Å²) in [5.41, 5.74) is 0. The number of nitrogens with zero attached hydrogens (tertiary/aromatic N) is 5. The second-order valence-electron chi connectivity index (χ2n) is 6.90. The topological polar surface area (TPSA) is 65.7 Å². The third-order valence-electron chi connectivity index (χ3n) is 5.28. The zero-order valence-electron chi connectivity index (χ0n) is 14.5. The number of amides is 1. The Labute approximate surface area is 137 Å². The fourth-order valence-corrected chi connectivity index (χ4v) is 3.79. The van der Waals surface area contributed by atoms with Crippen LogP contribution >= 0.6 is 0 Å². The summed E-state index contributed by atoms with van der Waals surface area (Å²) in [6, 6.07) is 0.692. The fourth-order valence-electron chi connectivity index (χ4n) is 3.79. The van der Waals surface area contributed by atoms with Crippen molar-refractivity contribution in [3.8, 4) is 0 Å². The van der Waals surface area contributed by atoms with Gasteiger partial charge in [0.1, 0.15) is 0 Å². The van der Waals surface area contributed by atoms with Crippen molar-refractivity contribution in [1.82, 2.24) is 24.8 Å². The van der Waals surface area contributed by atoms with Crippen LogP contribution in [0.2, 0.25) is 0 Å². The minimum atomic E-state index is 0.155. The molecule has 0 N–H and O–H groups in total. The first-order valence-corrected chi connectivity index (χ1v) is 8.49. The molecule has 2 saturated heterocycles. The summed E-state index contributed by atoms with van der Waals surface area (Å²) in [6.07, 6.45) is 0. The molecular weight excluding hydrogens is 294 g/mol. The average molecular weight is 321 g/mol. The van der Waals surface area contributed by atoms with Crippen LogP contribution in [0.3, 0.4) is 0 Å². The number of likely N-dealkylation sites (tertiary alicyclic amines) is 1. The van der Waals surface area contributed by atoms with Crippen molar-refractivity contribution in [2.45, 2.75) is 39.8 Å². The Morgan fingerprint density at radius 3 is 2.52 bits per heavy atom. The normalized spacial score (nSPS) is 28.3. The number of hydrogen-bond acceptors (Lipinski definition) is 6. The van der Waals surface area contributed by atoms with Crippen LogP contribution in [0.25, 0.3) is 0 Å². The predicted molar refractivity (Wildman–Crippen MR) is 85.8 cm³/mol. The molecule has 0 spiro atoms. The van der Waals surface area contributed by atoms with Gasteiger partial charge in [-0.05, 0) is 19.8 Å². The monoisotopic (exact) mass is 321 g/mol. The summed E-state index contributed by atoms with van der Waals surface area (Å²) in [7, 11) is 0. The largest absolute Gasteiger partial charge is 0.340 e. The van der Waals surface area contributed by atoms with Crippen molar-refractivity contribution in [2.24, 2.45) is 5.92 Å². The molecule has 0 aromatic carbocycles. The molecule has 3 atom stereocenters. The van der Waals surface area contributed by atoms with Crippen LogP contribution in [0.1, 0.15) is 38.5 Å². The first-order chi connectivity index (χ1) is 11.0. The van der Waals surface area contributed by atoms with Gasteiger partial charge in [0.25, 0.3) is 0 Å². The number of carbonyl (C=O) groups is 1. The highest BCUT2D eigenvalue weighted by atomic mass is 16.5. The molecule has 1 aromatic rings. The minimum Gasteiger partial charge on any atom is -0.340 e. The summed E-state index contributed by atoms with van der Waals surface area (Å²) in [5.74, 6) is 2.18. The lowest BCUT2D eigenvalue weighted by Gasteiger charge is -2.39. The molecule has 0 unspecified atom stereocenters. The van der Waals surface area contributed by atoms with E-state index in [0.29, 0.717) is 23.7 Å². The molecule has 0 radical (unpaired) electrons. The van der Waals surface area contributed by atoms with Crippen LogP contribution in [0.4, 0.5) is 0 Å². The number of carbonyl (C=O) groups excluding carboxylic acids is 1. The standard InChI is InChI=1S/C16H27N5O2/c1-11-9-21(12(2)16-17-13(3)18-23-16)10-15(11)20-7-5-19(6-8-20)14(4)22/h11-12,15H,5-10H2,1-4H3/t11-,12-,15+/m0/s1. The van der Waals surface area contributed by atoms with Crippen LogP contribution in [-0.4, -0.2) is 76.1 Å². The highest BCUT2D eigenvalue weighted by molar-refractivity contribution is 5.73. The van der Waals surface area contributed by atoms with Crippen LogP contribution < -0.4 is 0 Å². The molecule has 2 aliphatic heterocycles. The number of piperazine rings is 1. The summed E-state index contributed by atoms with van der Waals surface area (Å²) < 4.78 is 5.33. The molecule has 0 bridgehead atoms. The molecule has 3 heterocycles. The van der Waals surface area contributed by atoms with E-state index in [9.17, 15) is 4.79 Å². The third-order valence-corrected chi connectivity index (χ3v) is 5.28. The summed E-state index contributed by atoms with van der Waals surface area (Å²) in [5, 5.41) is 3.90. The Bertz CT molecular complexity index is 552. The second kappa shape index (κ2) is 6.57. The highest BCUT2D eigenvalue weighted by Gasteiger charge is 2.38. The van der Waals surface area contributed by atoms with E-state index in [4.69, 9.17) is 4.52 Å². The van der Waals surface area contributed by atoms with Gasteiger partial charge in [0, 0.05) is 52.2 Å². The van der Waals surface area contributed by atoms with Gasteiger partial charge in [0.05, 0.1) is 6.04 Å². The van der Waals surface area contributed by atoms with Gasteiger partial charge in [-0.3, -0.25) is 14.6 Å². The minimum absolute atomic E-state index is 0.155. The molecule has 0 aliphatic carbocycles. The maximum absolute atomic E-state index is 11.5. The van der Waals surface area contributed by atoms with Gasteiger partial charge in [0.2, 0.25) is 11.8 Å². The van der Waals surface area contributed by atoms with Crippen molar-refractivity contribution in [3.05, 3.63) is 11.7 Å². The quantitative estimate of drug-likeness (QED) is 0.825. The van der Waals surface area contributed by atoms with Gasteiger partial charge in [-0.25, -0.2) is 0 Å². The smallest absolute Gasteiger partial charge is 0.243 e. The molecular formula is C16H27N5O2. The lowest BCUT2D eigenvalue weighted by Crippen LogP contribution is -2.53. The van der Waals surface area contributed by atoms with Crippen LogP contribution in [0.15, 0.2) is 4.52 Å². The summed E-state index contributed by atoms with van der Waals surface area (Å²) in [4.78, 5) is 22.7. The molecule has 7 heteroatoms. The lowest BCUT2D eigenvalue weighted by molar-refractivity contribution is -0.130. The van der Waals surface area contributed by atoms with E-state index in [0.717, 1.165) is 39.3 Å². The average Bonchev–Trinajstić information content (AvgIpc) is 3.13. The molecule has 128 valence electrons. The molecule has 2 fully saturated rings. The SMILES string of the molecule is CC(=O)N1CCN([C@@H]2CN([C@@H](C)c3nc(C)no3)C[C@@H]2C)CC1. The van der Waals surface area contributed by atoms with E-state index in [-0.39, 0.29) is 11.9 Å². The van der Waals surface area contributed by atoms with E-state index in [1.807, 2.05) is 11.8 Å². The van der Waals surface area contributed by atoms with Crippen molar-refractivity contribution < 1.29 is 9.32 Å². The van der Waals surface area contributed by atoms with Gasteiger partial charge in [-0.15, -0.1) is 0 Å². The maximum Gasteiger partial charge on any atom is 0.243 e. The number of aryl methyl sites for hydroxylation is 1. The number of rotatable bonds is 3. The zero-order chi connectivity index (χ0) is 16.6. The van der Waals surface area contributed by atoms with Gasteiger partial charge < -0.3 is 9.42 Å². The van der Waals surface area contributed by atoms with Gasteiger partial charge >= 0.3 is 0 Å². The molecule has 1 amide bonds. The van der Waals surface area contributed by atoms with E-state index < -0.39 is 0 Å². The van der Waals surface area contributed by atoms with Crippen LogP contribution in [-0.2, 0) is 4.79 Å². The van der Waals surface area contributed by atoms with Crippen molar-refractivity contribution >= 4 is 5.91 Å². The fraction of sp³-hybridized carbons (Fsp3) is 0.812. The first-order valence-electron chi connectivity index (χ1n) is 8.49. The molecule has 0 saturated carbocycles. The summed E-state index contributed by atoms with van der Waals surface area (Å²) >= 11 is 0. The highest BCUT2D eigenvalue weighted by Crippen LogP contribution is 2.29. The van der Waals surface area contributed by atoms with E-state index in [1.165, 1.54) is 0 Å². The van der Waals surface area contributed by atoms with Crippen LogP contribution in [0.5, 0.6) is 0 Å².